The first-order chi connectivity index (χ1) is 13.6. The molecule has 0 atom stereocenters. The number of fused-ring (bicyclic) bond motifs is 1. The Labute approximate surface area is 176 Å². The van der Waals surface area contributed by atoms with Crippen LogP contribution >= 0.6 is 34.7 Å². The van der Waals surface area contributed by atoms with Crippen molar-refractivity contribution in [2.75, 3.05) is 6.26 Å². The molecule has 28 heavy (non-hydrogen) atoms. The zero-order valence-electron chi connectivity index (χ0n) is 15.1. The molecule has 0 unspecified atom stereocenters. The van der Waals surface area contributed by atoms with Crippen molar-refractivity contribution in [3.63, 3.8) is 0 Å². The quantitative estimate of drug-likeness (QED) is 0.384. The van der Waals surface area contributed by atoms with E-state index in [1.807, 2.05) is 60.9 Å². The summed E-state index contributed by atoms with van der Waals surface area (Å²) in [6.07, 6.45) is 2.05. The van der Waals surface area contributed by atoms with Crippen molar-refractivity contribution in [3.05, 3.63) is 82.2 Å². The van der Waals surface area contributed by atoms with Crippen LogP contribution in [0, 0.1) is 0 Å². The van der Waals surface area contributed by atoms with Crippen LogP contribution in [-0.4, -0.2) is 17.1 Å². The largest absolute Gasteiger partial charge is 0.348 e. The molecule has 0 radical (unpaired) electrons. The second-order valence-electron chi connectivity index (χ2n) is 6.21. The molecule has 2 aromatic carbocycles. The second-order valence-corrected chi connectivity index (χ2v) is 8.80. The molecule has 2 aromatic heterocycles. The molecule has 3 nitrogen and oxygen atoms in total. The minimum Gasteiger partial charge on any atom is -0.348 e. The van der Waals surface area contributed by atoms with E-state index in [-0.39, 0.29) is 5.91 Å². The lowest BCUT2D eigenvalue weighted by Gasteiger charge is -2.10. The van der Waals surface area contributed by atoms with Gasteiger partial charge in [0.15, 0.2) is 0 Å². The summed E-state index contributed by atoms with van der Waals surface area (Å²) in [6, 6.07) is 21.5. The molecule has 2 heterocycles. The van der Waals surface area contributed by atoms with Crippen LogP contribution in [0.25, 0.3) is 21.5 Å². The third-order valence-electron chi connectivity index (χ3n) is 4.40. The fourth-order valence-corrected chi connectivity index (χ4v) is 4.37. The van der Waals surface area contributed by atoms with E-state index in [9.17, 15) is 4.79 Å². The van der Waals surface area contributed by atoms with E-state index in [0.29, 0.717) is 16.4 Å². The van der Waals surface area contributed by atoms with Gasteiger partial charge in [-0.25, -0.2) is 4.98 Å². The van der Waals surface area contributed by atoms with Crippen LogP contribution in [0.1, 0.15) is 15.9 Å². The highest BCUT2D eigenvalue weighted by Crippen LogP contribution is 2.32. The van der Waals surface area contributed by atoms with E-state index < -0.39 is 0 Å². The van der Waals surface area contributed by atoms with Gasteiger partial charge in [-0.1, -0.05) is 41.9 Å². The van der Waals surface area contributed by atoms with Crippen LogP contribution in [0.15, 0.2) is 71.6 Å². The number of thioether (sulfide) groups is 1. The number of amides is 1. The highest BCUT2D eigenvalue weighted by Gasteiger charge is 2.14. The number of benzene rings is 2. The fraction of sp³-hybridized carbons (Fsp3) is 0.0909. The molecule has 0 spiro atoms. The molecule has 4 rings (SSSR count). The van der Waals surface area contributed by atoms with E-state index in [1.54, 1.807) is 11.8 Å². The second kappa shape index (κ2) is 8.35. The summed E-state index contributed by atoms with van der Waals surface area (Å²) in [5, 5.41) is 3.87. The van der Waals surface area contributed by atoms with Crippen molar-refractivity contribution < 1.29 is 4.79 Å². The van der Waals surface area contributed by atoms with Gasteiger partial charge < -0.3 is 5.32 Å². The predicted octanol–water partition coefficient (Wildman–Crippen LogP) is 6.27. The number of pyridine rings is 1. The number of hydrogen-bond acceptors (Lipinski definition) is 4. The van der Waals surface area contributed by atoms with Crippen molar-refractivity contribution in [1.82, 2.24) is 10.3 Å². The van der Waals surface area contributed by atoms with Gasteiger partial charge in [0.05, 0.1) is 26.0 Å². The number of aromatic nitrogens is 1. The molecule has 0 fully saturated rings. The zero-order chi connectivity index (χ0) is 19.5. The van der Waals surface area contributed by atoms with Crippen molar-refractivity contribution in [2.45, 2.75) is 11.4 Å². The summed E-state index contributed by atoms with van der Waals surface area (Å²) >= 11 is 9.23. The van der Waals surface area contributed by atoms with E-state index in [1.165, 1.54) is 16.2 Å². The van der Waals surface area contributed by atoms with Crippen molar-refractivity contribution in [3.8, 4) is 10.6 Å². The molecule has 4 aromatic rings. The zero-order valence-corrected chi connectivity index (χ0v) is 17.5. The van der Waals surface area contributed by atoms with Gasteiger partial charge in [-0.2, -0.15) is 0 Å². The van der Waals surface area contributed by atoms with Gasteiger partial charge in [-0.05, 0) is 48.2 Å². The molecular formula is C22H17ClN2OS2. The topological polar surface area (TPSA) is 42.0 Å². The molecule has 0 aliphatic rings. The SMILES string of the molecule is CSc1ccc(CNC(=O)c2cc(-c3ccc(Cl)s3)nc3ccccc23)cc1. The lowest BCUT2D eigenvalue weighted by molar-refractivity contribution is 0.0952. The van der Waals surface area contributed by atoms with Crippen LogP contribution in [0.3, 0.4) is 0 Å². The summed E-state index contributed by atoms with van der Waals surface area (Å²) in [5.41, 5.74) is 3.23. The number of nitrogens with zero attached hydrogens (tertiary/aromatic N) is 1. The Balaban J connectivity index is 1.64. The Bertz CT molecular complexity index is 1140. The molecule has 140 valence electrons. The maximum Gasteiger partial charge on any atom is 0.252 e. The lowest BCUT2D eigenvalue weighted by atomic mass is 10.1. The molecule has 1 N–H and O–H groups in total. The van der Waals surface area contributed by atoms with Crippen LogP contribution in [0.4, 0.5) is 0 Å². The van der Waals surface area contributed by atoms with Crippen molar-refractivity contribution in [1.29, 1.82) is 0 Å². The number of nitrogens with one attached hydrogen (secondary N) is 1. The molecular weight excluding hydrogens is 408 g/mol. The molecule has 0 aliphatic carbocycles. The summed E-state index contributed by atoms with van der Waals surface area (Å²) in [6.45, 7) is 0.476. The maximum atomic E-state index is 13.0. The fourth-order valence-electron chi connectivity index (χ4n) is 2.96. The van der Waals surface area contributed by atoms with Crippen LogP contribution < -0.4 is 5.32 Å². The highest BCUT2D eigenvalue weighted by atomic mass is 35.5. The predicted molar refractivity (Wildman–Crippen MR) is 119 cm³/mol. The number of hydrogen-bond donors (Lipinski definition) is 1. The van der Waals surface area contributed by atoms with E-state index in [0.717, 1.165) is 27.0 Å². The summed E-state index contributed by atoms with van der Waals surface area (Å²) in [5.74, 6) is -0.114. The number of thiophene rings is 1. The van der Waals surface area contributed by atoms with Gasteiger partial charge in [0.1, 0.15) is 0 Å². The molecule has 0 saturated carbocycles. The first-order valence-corrected chi connectivity index (χ1v) is 11.1. The van der Waals surface area contributed by atoms with Crippen molar-refractivity contribution >= 4 is 51.5 Å². The first kappa shape index (κ1) is 19.0. The van der Waals surface area contributed by atoms with Gasteiger partial charge in [0, 0.05) is 16.8 Å². The number of rotatable bonds is 5. The summed E-state index contributed by atoms with van der Waals surface area (Å²) in [7, 11) is 0. The standard InChI is InChI=1S/C22H17ClN2OS2/c1-27-15-8-6-14(7-9-15)13-24-22(26)17-12-19(20-10-11-21(23)28-20)25-18-5-3-2-4-16(17)18/h2-12H,13H2,1H3,(H,24,26). The van der Waals surface area contributed by atoms with E-state index >= 15 is 0 Å². The van der Waals surface area contributed by atoms with Gasteiger partial charge in [-0.3, -0.25) is 4.79 Å². The monoisotopic (exact) mass is 424 g/mol. The van der Waals surface area contributed by atoms with E-state index in [2.05, 4.69) is 17.4 Å². The van der Waals surface area contributed by atoms with Crippen LogP contribution in [0.2, 0.25) is 4.34 Å². The van der Waals surface area contributed by atoms with Gasteiger partial charge in [-0.15, -0.1) is 23.1 Å². The minimum atomic E-state index is -0.114. The molecule has 0 saturated heterocycles. The van der Waals surface area contributed by atoms with Gasteiger partial charge in [0.25, 0.3) is 5.91 Å². The van der Waals surface area contributed by atoms with E-state index in [4.69, 9.17) is 16.6 Å². The lowest BCUT2D eigenvalue weighted by Crippen LogP contribution is -2.23. The normalized spacial score (nSPS) is 10.9. The molecule has 6 heteroatoms. The van der Waals surface area contributed by atoms with Gasteiger partial charge in [0.2, 0.25) is 0 Å². The molecule has 1 amide bonds. The Morgan fingerprint density at radius 3 is 2.61 bits per heavy atom. The summed E-state index contributed by atoms with van der Waals surface area (Å²) in [4.78, 5) is 19.8. The van der Waals surface area contributed by atoms with Crippen LogP contribution in [0.5, 0.6) is 0 Å². The molecule has 0 aliphatic heterocycles. The van der Waals surface area contributed by atoms with Gasteiger partial charge >= 0.3 is 0 Å². The average Bonchev–Trinajstić information content (AvgIpc) is 3.18. The third-order valence-corrected chi connectivity index (χ3v) is 6.40. The van der Waals surface area contributed by atoms with Crippen molar-refractivity contribution in [2.24, 2.45) is 0 Å². The minimum absolute atomic E-state index is 0.114. The highest BCUT2D eigenvalue weighted by molar-refractivity contribution is 7.98. The molecule has 0 bridgehead atoms. The Morgan fingerprint density at radius 2 is 1.89 bits per heavy atom. The van der Waals surface area contributed by atoms with Crippen LogP contribution in [-0.2, 0) is 6.54 Å². The smallest absolute Gasteiger partial charge is 0.252 e. The Morgan fingerprint density at radius 1 is 1.11 bits per heavy atom. The summed E-state index contributed by atoms with van der Waals surface area (Å²) < 4.78 is 0.699. The first-order valence-electron chi connectivity index (χ1n) is 8.70. The number of para-hydroxylation sites is 1. The number of carbonyl (C=O) groups excluding carboxylic acids is 1. The maximum absolute atomic E-state index is 13.0. The number of carbonyl (C=O) groups is 1. The third kappa shape index (κ3) is 4.07. The average molecular weight is 425 g/mol. The Hall–Kier alpha value is -2.34. The Kier molecular flexibility index (Phi) is 5.67. The number of halogens is 1.